The number of methoxy groups -OCH3 is 1. The highest BCUT2D eigenvalue weighted by molar-refractivity contribution is 5.84. The first-order chi connectivity index (χ1) is 12.8. The van der Waals surface area contributed by atoms with Crippen molar-refractivity contribution in [1.29, 1.82) is 0 Å². The predicted octanol–water partition coefficient (Wildman–Crippen LogP) is 3.83. The van der Waals surface area contributed by atoms with Crippen LogP contribution < -0.4 is 9.47 Å². The highest BCUT2D eigenvalue weighted by Crippen LogP contribution is 2.36. The number of benzene rings is 1. The van der Waals surface area contributed by atoms with E-state index in [1.165, 1.54) is 7.11 Å². The molecule has 0 saturated carbocycles. The molecule has 0 fully saturated rings. The zero-order valence-corrected chi connectivity index (χ0v) is 18.0. The lowest BCUT2D eigenvalue weighted by Gasteiger charge is -2.33. The number of esters is 1. The van der Waals surface area contributed by atoms with Crippen LogP contribution in [0.25, 0.3) is 0 Å². The van der Waals surface area contributed by atoms with Crippen molar-refractivity contribution in [2.75, 3.05) is 20.3 Å². The van der Waals surface area contributed by atoms with Gasteiger partial charge in [-0.3, -0.25) is 4.99 Å². The minimum Gasteiger partial charge on any atom is -0.485 e. The van der Waals surface area contributed by atoms with Crippen LogP contribution in [0.15, 0.2) is 23.2 Å². The first-order valence-electron chi connectivity index (χ1n) is 9.55. The van der Waals surface area contributed by atoms with Gasteiger partial charge in [0.25, 0.3) is 0 Å². The van der Waals surface area contributed by atoms with Crippen LogP contribution in [0.1, 0.15) is 54.0 Å². The molecular formula is C21H35NO5. The summed E-state index contributed by atoms with van der Waals surface area (Å²) in [5.41, 5.74) is 0.834. The second-order valence-electron chi connectivity index (χ2n) is 6.00. The van der Waals surface area contributed by atoms with E-state index in [9.17, 15) is 9.90 Å². The standard InChI is InChI=1S/C17H23NO5.2C2H6/c1-11(18-9-12(2)19)7-13-5-6-14-15(8-13)22-10-17(3,23-14)16(20)21-4;2*1-2/h5-6,8,12,19H,7,9-10H2,1-4H3;2*1-2H3. The highest BCUT2D eigenvalue weighted by Gasteiger charge is 2.41. The molecule has 1 aliphatic heterocycles. The Bertz CT molecular complexity index is 613. The third-order valence-electron chi connectivity index (χ3n) is 3.55. The zero-order chi connectivity index (χ0) is 21.0. The summed E-state index contributed by atoms with van der Waals surface area (Å²) >= 11 is 0. The molecule has 2 atom stereocenters. The van der Waals surface area contributed by atoms with E-state index < -0.39 is 17.7 Å². The Morgan fingerprint density at radius 3 is 2.48 bits per heavy atom. The number of nitrogens with zero attached hydrogens (tertiary/aromatic N) is 1. The Labute approximate surface area is 163 Å². The van der Waals surface area contributed by atoms with Gasteiger partial charge < -0.3 is 19.3 Å². The first kappa shape index (κ1) is 24.9. The van der Waals surface area contributed by atoms with E-state index in [1.54, 1.807) is 19.9 Å². The molecule has 6 nitrogen and oxygen atoms in total. The van der Waals surface area contributed by atoms with E-state index in [2.05, 4.69) is 4.99 Å². The van der Waals surface area contributed by atoms with Crippen molar-refractivity contribution in [3.8, 4) is 11.5 Å². The number of aliphatic hydroxyl groups is 1. The smallest absolute Gasteiger partial charge is 0.353 e. The number of aliphatic imine (C=N–C) groups is 1. The van der Waals surface area contributed by atoms with E-state index in [4.69, 9.17) is 14.2 Å². The maximum Gasteiger partial charge on any atom is 0.353 e. The average Bonchev–Trinajstić information content (AvgIpc) is 2.69. The summed E-state index contributed by atoms with van der Waals surface area (Å²) in [6, 6.07) is 5.58. The second kappa shape index (κ2) is 12.3. The molecule has 2 rings (SSSR count). The maximum atomic E-state index is 11.8. The fourth-order valence-corrected chi connectivity index (χ4v) is 2.30. The van der Waals surface area contributed by atoms with E-state index in [0.717, 1.165) is 11.3 Å². The summed E-state index contributed by atoms with van der Waals surface area (Å²) < 4.78 is 16.2. The lowest BCUT2D eigenvalue weighted by atomic mass is 10.0. The second-order valence-corrected chi connectivity index (χ2v) is 6.00. The molecule has 0 aromatic heterocycles. The van der Waals surface area contributed by atoms with Crippen LogP contribution in [-0.2, 0) is 16.0 Å². The van der Waals surface area contributed by atoms with Gasteiger partial charge >= 0.3 is 5.97 Å². The van der Waals surface area contributed by atoms with Crippen molar-refractivity contribution in [2.45, 2.75) is 66.6 Å². The molecule has 0 bridgehead atoms. The Kier molecular flexibility index (Phi) is 11.4. The van der Waals surface area contributed by atoms with Crippen LogP contribution >= 0.6 is 0 Å². The van der Waals surface area contributed by atoms with Crippen molar-refractivity contribution in [2.24, 2.45) is 4.99 Å². The van der Waals surface area contributed by atoms with Crippen molar-refractivity contribution < 1.29 is 24.1 Å². The normalized spacial score (nSPS) is 18.9. The number of ether oxygens (including phenoxy) is 3. The maximum absolute atomic E-state index is 11.8. The third kappa shape index (κ3) is 7.59. The van der Waals surface area contributed by atoms with Crippen LogP contribution in [0.3, 0.4) is 0 Å². The summed E-state index contributed by atoms with van der Waals surface area (Å²) in [5, 5.41) is 9.26. The van der Waals surface area contributed by atoms with Crippen molar-refractivity contribution in [1.82, 2.24) is 0 Å². The number of carbonyl (C=O) groups excluding carboxylic acids is 1. The number of rotatable bonds is 5. The van der Waals surface area contributed by atoms with Gasteiger partial charge in [-0.25, -0.2) is 4.79 Å². The van der Waals surface area contributed by atoms with Crippen LogP contribution in [-0.4, -0.2) is 48.8 Å². The minimum absolute atomic E-state index is 0.102. The summed E-state index contributed by atoms with van der Waals surface area (Å²) in [7, 11) is 1.32. The summed E-state index contributed by atoms with van der Waals surface area (Å²) in [4.78, 5) is 16.1. The molecule has 0 saturated heterocycles. The summed E-state index contributed by atoms with van der Waals surface area (Å²) in [6.07, 6.45) is 0.221. The summed E-state index contributed by atoms with van der Waals surface area (Å²) in [5.74, 6) is 0.659. The lowest BCUT2D eigenvalue weighted by Crippen LogP contribution is -2.49. The van der Waals surface area contributed by atoms with Gasteiger partial charge in [-0.05, 0) is 38.5 Å². The molecule has 1 heterocycles. The Morgan fingerprint density at radius 1 is 1.30 bits per heavy atom. The number of hydrogen-bond acceptors (Lipinski definition) is 6. The van der Waals surface area contributed by atoms with Gasteiger partial charge in [0.2, 0.25) is 5.60 Å². The minimum atomic E-state index is -1.13. The molecule has 0 spiro atoms. The topological polar surface area (TPSA) is 77.4 Å². The van der Waals surface area contributed by atoms with Gasteiger partial charge in [-0.2, -0.15) is 0 Å². The SMILES string of the molecule is CC.CC.COC(=O)C1(C)COc2cc(CC(C)=NCC(C)O)ccc2O1. The van der Waals surface area contributed by atoms with Crippen LogP contribution in [0.4, 0.5) is 0 Å². The molecule has 1 N–H and O–H groups in total. The van der Waals surface area contributed by atoms with E-state index in [-0.39, 0.29) is 6.61 Å². The zero-order valence-electron chi connectivity index (χ0n) is 18.0. The number of fused-ring (bicyclic) bond motifs is 1. The molecule has 0 radical (unpaired) electrons. The number of hydrogen-bond donors (Lipinski definition) is 1. The summed E-state index contributed by atoms with van der Waals surface area (Å²) in [6.45, 7) is 13.8. The lowest BCUT2D eigenvalue weighted by molar-refractivity contribution is -0.162. The molecule has 0 amide bonds. The molecule has 27 heavy (non-hydrogen) atoms. The number of carbonyl (C=O) groups is 1. The molecule has 1 aromatic carbocycles. The van der Waals surface area contributed by atoms with Gasteiger partial charge in [-0.15, -0.1) is 0 Å². The van der Waals surface area contributed by atoms with E-state index in [1.807, 2.05) is 46.8 Å². The van der Waals surface area contributed by atoms with Crippen LogP contribution in [0.5, 0.6) is 11.5 Å². The fraction of sp³-hybridized carbons (Fsp3) is 0.619. The van der Waals surface area contributed by atoms with Crippen molar-refractivity contribution in [3.63, 3.8) is 0 Å². The quantitative estimate of drug-likeness (QED) is 0.620. The van der Waals surface area contributed by atoms with Crippen LogP contribution in [0.2, 0.25) is 0 Å². The van der Waals surface area contributed by atoms with Gasteiger partial charge in [0.05, 0.1) is 19.8 Å². The largest absolute Gasteiger partial charge is 0.485 e. The Morgan fingerprint density at radius 2 is 1.93 bits per heavy atom. The van der Waals surface area contributed by atoms with Gasteiger partial charge in [0.15, 0.2) is 11.5 Å². The van der Waals surface area contributed by atoms with Crippen molar-refractivity contribution in [3.05, 3.63) is 23.8 Å². The molecule has 0 aliphatic carbocycles. The molecule has 154 valence electrons. The Hall–Kier alpha value is -2.08. The molecule has 1 aliphatic rings. The predicted molar refractivity (Wildman–Crippen MR) is 109 cm³/mol. The van der Waals surface area contributed by atoms with Gasteiger partial charge in [0.1, 0.15) is 6.61 Å². The molecule has 6 heteroatoms. The third-order valence-corrected chi connectivity index (χ3v) is 3.55. The molecule has 2 unspecified atom stereocenters. The van der Waals surface area contributed by atoms with Gasteiger partial charge in [-0.1, -0.05) is 33.8 Å². The fourth-order valence-electron chi connectivity index (χ4n) is 2.30. The Balaban J connectivity index is 0.00000158. The first-order valence-corrected chi connectivity index (χ1v) is 9.55. The van der Waals surface area contributed by atoms with E-state index >= 15 is 0 Å². The number of aliphatic hydroxyl groups excluding tert-OH is 1. The average molecular weight is 382 g/mol. The van der Waals surface area contributed by atoms with Crippen molar-refractivity contribution >= 4 is 11.7 Å². The van der Waals surface area contributed by atoms with Gasteiger partial charge in [0, 0.05) is 12.1 Å². The monoisotopic (exact) mass is 381 g/mol. The van der Waals surface area contributed by atoms with E-state index in [0.29, 0.717) is 24.5 Å². The highest BCUT2D eigenvalue weighted by atomic mass is 16.6. The molecular weight excluding hydrogens is 346 g/mol. The molecule has 1 aromatic rings. The van der Waals surface area contributed by atoms with Crippen LogP contribution in [0, 0.1) is 0 Å².